The predicted octanol–water partition coefficient (Wildman–Crippen LogP) is 4.49. The summed E-state index contributed by atoms with van der Waals surface area (Å²) in [6.45, 7) is 0.819. The number of nitrogens with zero attached hydrogens (tertiary/aromatic N) is 2. The van der Waals surface area contributed by atoms with Crippen molar-refractivity contribution < 1.29 is 14.1 Å². The molecule has 0 radical (unpaired) electrons. The molecular formula is C19H16N2O4S. The van der Waals surface area contributed by atoms with Gasteiger partial charge in [0.1, 0.15) is 5.76 Å². The van der Waals surface area contributed by atoms with Gasteiger partial charge in [-0.3, -0.25) is 14.9 Å². The van der Waals surface area contributed by atoms with Crippen LogP contribution in [0, 0.1) is 10.1 Å². The van der Waals surface area contributed by atoms with E-state index in [4.69, 9.17) is 4.42 Å². The number of amides is 1. The largest absolute Gasteiger partial charge is 0.467 e. The van der Waals surface area contributed by atoms with Crippen molar-refractivity contribution in [1.82, 2.24) is 4.90 Å². The van der Waals surface area contributed by atoms with Crippen molar-refractivity contribution >= 4 is 29.0 Å². The molecule has 1 amide bonds. The average Bonchev–Trinajstić information content (AvgIpc) is 3.33. The third kappa shape index (κ3) is 4.67. The maximum atomic E-state index is 12.7. The summed E-state index contributed by atoms with van der Waals surface area (Å²) >= 11 is 1.58. The van der Waals surface area contributed by atoms with Crippen molar-refractivity contribution in [2.24, 2.45) is 0 Å². The van der Waals surface area contributed by atoms with Crippen LogP contribution in [0.3, 0.4) is 0 Å². The second-order valence-electron chi connectivity index (χ2n) is 5.54. The van der Waals surface area contributed by atoms with Crippen LogP contribution in [0.15, 0.2) is 70.7 Å². The minimum Gasteiger partial charge on any atom is -0.467 e. The topological polar surface area (TPSA) is 76.6 Å². The second kappa shape index (κ2) is 8.26. The van der Waals surface area contributed by atoms with Crippen LogP contribution < -0.4 is 0 Å². The van der Waals surface area contributed by atoms with Gasteiger partial charge in [-0.25, -0.2) is 0 Å². The number of rotatable bonds is 7. The van der Waals surface area contributed by atoms with Gasteiger partial charge in [-0.05, 0) is 35.2 Å². The number of nitro benzene ring substituents is 1. The average molecular weight is 368 g/mol. The summed E-state index contributed by atoms with van der Waals surface area (Å²) in [6, 6.07) is 13.7. The number of non-ortho nitro benzene ring substituents is 1. The van der Waals surface area contributed by atoms with Crippen molar-refractivity contribution in [3.63, 3.8) is 0 Å². The van der Waals surface area contributed by atoms with Gasteiger partial charge in [0.25, 0.3) is 5.69 Å². The van der Waals surface area contributed by atoms with E-state index in [-0.39, 0.29) is 11.6 Å². The molecule has 0 spiro atoms. The summed E-state index contributed by atoms with van der Waals surface area (Å²) in [5.41, 5.74) is 0.590. The minimum atomic E-state index is -0.459. The molecule has 0 aliphatic rings. The van der Waals surface area contributed by atoms with E-state index in [1.54, 1.807) is 46.8 Å². The van der Waals surface area contributed by atoms with Gasteiger partial charge >= 0.3 is 0 Å². The Hall–Kier alpha value is -3.19. The second-order valence-corrected chi connectivity index (χ2v) is 6.57. The maximum Gasteiger partial charge on any atom is 0.270 e. The van der Waals surface area contributed by atoms with Gasteiger partial charge in [0.05, 0.1) is 24.3 Å². The van der Waals surface area contributed by atoms with E-state index in [0.717, 1.165) is 4.88 Å². The van der Waals surface area contributed by atoms with Crippen molar-refractivity contribution in [2.45, 2.75) is 13.1 Å². The molecule has 0 bridgehead atoms. The summed E-state index contributed by atoms with van der Waals surface area (Å²) in [5, 5.41) is 12.8. The molecule has 2 heterocycles. The lowest BCUT2D eigenvalue weighted by molar-refractivity contribution is -0.384. The molecule has 7 heteroatoms. The van der Waals surface area contributed by atoms with Gasteiger partial charge in [0.15, 0.2) is 0 Å². The first-order valence-electron chi connectivity index (χ1n) is 7.88. The van der Waals surface area contributed by atoms with Crippen LogP contribution in [-0.2, 0) is 17.9 Å². The third-order valence-electron chi connectivity index (χ3n) is 3.66. The summed E-state index contributed by atoms with van der Waals surface area (Å²) in [4.78, 5) is 25.8. The highest BCUT2D eigenvalue weighted by Crippen LogP contribution is 2.17. The molecule has 0 atom stereocenters. The first-order valence-corrected chi connectivity index (χ1v) is 8.76. The molecule has 26 heavy (non-hydrogen) atoms. The molecule has 3 aromatic rings. The SMILES string of the molecule is O=C(/C=C/c1cccc([N+](=O)[O-])c1)N(Cc1ccco1)Cc1cccs1. The summed E-state index contributed by atoms with van der Waals surface area (Å²) in [6.07, 6.45) is 4.58. The predicted molar refractivity (Wildman–Crippen MR) is 99.4 cm³/mol. The molecular weight excluding hydrogens is 352 g/mol. The quantitative estimate of drug-likeness (QED) is 0.350. The van der Waals surface area contributed by atoms with Crippen LogP contribution in [0.25, 0.3) is 6.08 Å². The molecule has 6 nitrogen and oxygen atoms in total. The third-order valence-corrected chi connectivity index (χ3v) is 4.53. The zero-order chi connectivity index (χ0) is 18.4. The Balaban J connectivity index is 1.75. The van der Waals surface area contributed by atoms with Gasteiger partial charge in [-0.2, -0.15) is 0 Å². The highest BCUT2D eigenvalue weighted by Gasteiger charge is 2.14. The lowest BCUT2D eigenvalue weighted by atomic mass is 10.2. The number of hydrogen-bond donors (Lipinski definition) is 0. The van der Waals surface area contributed by atoms with Gasteiger partial charge < -0.3 is 9.32 Å². The number of carbonyl (C=O) groups is 1. The molecule has 0 aliphatic heterocycles. The first kappa shape index (κ1) is 17.6. The van der Waals surface area contributed by atoms with E-state index in [0.29, 0.717) is 24.4 Å². The number of furan rings is 1. The zero-order valence-electron chi connectivity index (χ0n) is 13.8. The fourth-order valence-electron chi connectivity index (χ4n) is 2.41. The molecule has 1 aromatic carbocycles. The minimum absolute atomic E-state index is 0.00868. The van der Waals surface area contributed by atoms with Crippen molar-refractivity contribution in [3.8, 4) is 0 Å². The number of carbonyl (C=O) groups excluding carboxylic acids is 1. The maximum absolute atomic E-state index is 12.7. The first-order chi connectivity index (χ1) is 12.6. The lowest BCUT2D eigenvalue weighted by Crippen LogP contribution is -2.27. The Morgan fingerprint density at radius 3 is 2.77 bits per heavy atom. The number of thiophene rings is 1. The van der Waals surface area contributed by atoms with Crippen LogP contribution in [-0.4, -0.2) is 15.7 Å². The van der Waals surface area contributed by atoms with E-state index < -0.39 is 4.92 Å². The monoisotopic (exact) mass is 368 g/mol. The van der Waals surface area contributed by atoms with Gasteiger partial charge in [-0.15, -0.1) is 11.3 Å². The number of hydrogen-bond acceptors (Lipinski definition) is 5. The lowest BCUT2D eigenvalue weighted by Gasteiger charge is -2.19. The molecule has 132 valence electrons. The normalized spacial score (nSPS) is 10.9. The van der Waals surface area contributed by atoms with Gasteiger partial charge in [0.2, 0.25) is 5.91 Å². The van der Waals surface area contributed by atoms with Crippen LogP contribution in [0.5, 0.6) is 0 Å². The van der Waals surface area contributed by atoms with Gasteiger partial charge in [0, 0.05) is 23.1 Å². The van der Waals surface area contributed by atoms with E-state index in [2.05, 4.69) is 0 Å². The summed E-state index contributed by atoms with van der Waals surface area (Å²) in [7, 11) is 0. The molecule has 0 aliphatic carbocycles. The Bertz CT molecular complexity index is 865. The highest BCUT2D eigenvalue weighted by molar-refractivity contribution is 7.09. The smallest absolute Gasteiger partial charge is 0.270 e. The van der Waals surface area contributed by atoms with E-state index in [1.165, 1.54) is 18.2 Å². The molecule has 0 fully saturated rings. The van der Waals surface area contributed by atoms with E-state index >= 15 is 0 Å². The van der Waals surface area contributed by atoms with E-state index in [9.17, 15) is 14.9 Å². The fourth-order valence-corrected chi connectivity index (χ4v) is 3.13. The number of nitro groups is 1. The molecule has 0 unspecified atom stereocenters. The van der Waals surface area contributed by atoms with Crippen LogP contribution in [0.1, 0.15) is 16.2 Å². The molecule has 0 N–H and O–H groups in total. The molecule has 2 aromatic heterocycles. The standard InChI is InChI=1S/C19H16N2O4S/c22-19(9-8-15-4-1-5-16(12-15)21(23)24)20(13-17-6-2-10-25-17)14-18-7-3-11-26-18/h1-12H,13-14H2/b9-8+. The zero-order valence-corrected chi connectivity index (χ0v) is 14.6. The fraction of sp³-hybridized carbons (Fsp3) is 0.105. The Labute approximate surface area is 154 Å². The highest BCUT2D eigenvalue weighted by atomic mass is 32.1. The molecule has 3 rings (SSSR count). The Morgan fingerprint density at radius 1 is 1.19 bits per heavy atom. The number of benzene rings is 1. The summed E-state index contributed by atoms with van der Waals surface area (Å²) in [5.74, 6) is 0.500. The van der Waals surface area contributed by atoms with Crippen LogP contribution >= 0.6 is 11.3 Å². The molecule has 0 saturated carbocycles. The summed E-state index contributed by atoms with van der Waals surface area (Å²) < 4.78 is 5.35. The van der Waals surface area contributed by atoms with E-state index in [1.807, 2.05) is 23.6 Å². The Morgan fingerprint density at radius 2 is 2.08 bits per heavy atom. The molecule has 0 saturated heterocycles. The van der Waals surface area contributed by atoms with Crippen LogP contribution in [0.2, 0.25) is 0 Å². The van der Waals surface area contributed by atoms with Crippen molar-refractivity contribution in [2.75, 3.05) is 0 Å². The van der Waals surface area contributed by atoms with Gasteiger partial charge in [-0.1, -0.05) is 18.2 Å². The van der Waals surface area contributed by atoms with Crippen molar-refractivity contribution in [3.05, 3.63) is 92.6 Å². The van der Waals surface area contributed by atoms with Crippen molar-refractivity contribution in [1.29, 1.82) is 0 Å². The van der Waals surface area contributed by atoms with Crippen LogP contribution in [0.4, 0.5) is 5.69 Å². The Kier molecular flexibility index (Phi) is 5.60.